The Balaban J connectivity index is 1.98. The van der Waals surface area contributed by atoms with Gasteiger partial charge in [0.1, 0.15) is 5.76 Å². The Morgan fingerprint density at radius 1 is 1.36 bits per heavy atom. The van der Waals surface area contributed by atoms with Gasteiger partial charge in [-0.1, -0.05) is 32.1 Å². The van der Waals surface area contributed by atoms with Crippen LogP contribution in [0.2, 0.25) is 0 Å². The molecule has 2 heteroatoms. The summed E-state index contributed by atoms with van der Waals surface area (Å²) in [6.45, 7) is 0. The van der Waals surface area contributed by atoms with E-state index < -0.39 is 0 Å². The molecule has 0 bridgehead atoms. The highest BCUT2D eigenvalue weighted by atomic mass is 16.3. The lowest BCUT2D eigenvalue weighted by Crippen LogP contribution is -2.09. The van der Waals surface area contributed by atoms with Gasteiger partial charge in [-0.3, -0.25) is 4.79 Å². The molecule has 0 aromatic carbocycles. The fourth-order valence-corrected chi connectivity index (χ4v) is 2.27. The van der Waals surface area contributed by atoms with E-state index in [0.717, 1.165) is 29.9 Å². The van der Waals surface area contributed by atoms with E-state index in [1.54, 1.807) is 12.3 Å². The summed E-state index contributed by atoms with van der Waals surface area (Å²) in [6.07, 6.45) is 10.1. The molecule has 1 aliphatic rings. The normalized spacial score (nSPS) is 18.3. The Morgan fingerprint density at radius 3 is 2.86 bits per heavy atom. The van der Waals surface area contributed by atoms with Crippen molar-refractivity contribution in [3.8, 4) is 0 Å². The lowest BCUT2D eigenvalue weighted by molar-refractivity contribution is 0.112. The summed E-state index contributed by atoms with van der Waals surface area (Å²) in [5, 5.41) is 0. The largest absolute Gasteiger partial charge is 0.469 e. The van der Waals surface area contributed by atoms with E-state index >= 15 is 0 Å². The van der Waals surface area contributed by atoms with Crippen molar-refractivity contribution in [2.24, 2.45) is 5.92 Å². The first kappa shape index (κ1) is 9.50. The fraction of sp³-hybridized carbons (Fsp3) is 0.583. The van der Waals surface area contributed by atoms with Crippen LogP contribution in [0.5, 0.6) is 0 Å². The predicted octanol–water partition coefficient (Wildman–Crippen LogP) is 3.21. The van der Waals surface area contributed by atoms with Crippen LogP contribution in [0.25, 0.3) is 0 Å². The number of aldehydes is 1. The molecule has 2 nitrogen and oxygen atoms in total. The van der Waals surface area contributed by atoms with E-state index in [4.69, 9.17) is 4.42 Å². The van der Waals surface area contributed by atoms with Crippen LogP contribution >= 0.6 is 0 Å². The first-order chi connectivity index (χ1) is 6.90. The van der Waals surface area contributed by atoms with Crippen LogP contribution in [0, 0.1) is 5.92 Å². The van der Waals surface area contributed by atoms with Gasteiger partial charge in [-0.15, -0.1) is 0 Å². The molecule has 1 aromatic heterocycles. The van der Waals surface area contributed by atoms with Crippen LogP contribution < -0.4 is 0 Å². The third-order valence-electron chi connectivity index (χ3n) is 3.11. The highest BCUT2D eigenvalue weighted by Crippen LogP contribution is 2.27. The third kappa shape index (κ3) is 2.06. The number of carbonyl (C=O) groups is 1. The average molecular weight is 192 g/mol. The zero-order valence-electron chi connectivity index (χ0n) is 8.37. The first-order valence-electron chi connectivity index (χ1n) is 5.41. The SMILES string of the molecule is O=Cc1ccoc1CC1CCCCC1. The standard InChI is InChI=1S/C12H16O2/c13-9-11-6-7-14-12(11)8-10-4-2-1-3-5-10/h6-7,9-10H,1-5,8H2. The molecule has 1 fully saturated rings. The molecule has 0 N–H and O–H groups in total. The molecule has 76 valence electrons. The van der Waals surface area contributed by atoms with Crippen LogP contribution in [-0.2, 0) is 6.42 Å². The van der Waals surface area contributed by atoms with E-state index in [0.29, 0.717) is 0 Å². The molecule has 0 atom stereocenters. The van der Waals surface area contributed by atoms with Crippen molar-refractivity contribution >= 4 is 6.29 Å². The minimum Gasteiger partial charge on any atom is -0.469 e. The molecule has 0 spiro atoms. The second-order valence-corrected chi connectivity index (χ2v) is 4.13. The van der Waals surface area contributed by atoms with Gasteiger partial charge in [0.15, 0.2) is 6.29 Å². The number of furan rings is 1. The monoisotopic (exact) mass is 192 g/mol. The Bertz CT molecular complexity index is 295. The molecular formula is C12H16O2. The Kier molecular flexibility index (Phi) is 3.02. The lowest BCUT2D eigenvalue weighted by Gasteiger charge is -2.20. The Morgan fingerprint density at radius 2 is 2.14 bits per heavy atom. The molecule has 2 rings (SSSR count). The van der Waals surface area contributed by atoms with Crippen LogP contribution in [0.3, 0.4) is 0 Å². The molecule has 1 aliphatic carbocycles. The molecular weight excluding hydrogens is 176 g/mol. The van der Waals surface area contributed by atoms with Crippen LogP contribution in [0.1, 0.15) is 48.2 Å². The summed E-state index contributed by atoms with van der Waals surface area (Å²) in [5.41, 5.74) is 0.732. The van der Waals surface area contributed by atoms with Gasteiger partial charge in [0.25, 0.3) is 0 Å². The van der Waals surface area contributed by atoms with Crippen molar-refractivity contribution in [2.45, 2.75) is 38.5 Å². The minimum absolute atomic E-state index is 0.730. The topological polar surface area (TPSA) is 30.2 Å². The molecule has 0 saturated heterocycles. The van der Waals surface area contributed by atoms with Crippen molar-refractivity contribution in [3.63, 3.8) is 0 Å². The molecule has 14 heavy (non-hydrogen) atoms. The average Bonchev–Trinajstić information content (AvgIpc) is 2.67. The van der Waals surface area contributed by atoms with Gasteiger partial charge in [-0.05, 0) is 12.0 Å². The number of carbonyl (C=O) groups excluding carboxylic acids is 1. The van der Waals surface area contributed by atoms with Gasteiger partial charge in [-0.2, -0.15) is 0 Å². The van der Waals surface area contributed by atoms with Crippen molar-refractivity contribution in [3.05, 3.63) is 23.7 Å². The van der Waals surface area contributed by atoms with E-state index in [1.807, 2.05) is 0 Å². The maximum Gasteiger partial charge on any atom is 0.153 e. The number of rotatable bonds is 3. The summed E-state index contributed by atoms with van der Waals surface area (Å²) in [7, 11) is 0. The molecule has 1 saturated carbocycles. The molecule has 0 unspecified atom stereocenters. The molecule has 0 amide bonds. The van der Waals surface area contributed by atoms with Crippen molar-refractivity contribution in [1.82, 2.24) is 0 Å². The fourth-order valence-electron chi connectivity index (χ4n) is 2.27. The summed E-state index contributed by atoms with van der Waals surface area (Å²) < 4.78 is 5.33. The highest BCUT2D eigenvalue weighted by molar-refractivity contribution is 5.75. The van der Waals surface area contributed by atoms with E-state index in [9.17, 15) is 4.79 Å². The zero-order valence-corrected chi connectivity index (χ0v) is 8.37. The quantitative estimate of drug-likeness (QED) is 0.688. The van der Waals surface area contributed by atoms with Gasteiger partial charge in [-0.25, -0.2) is 0 Å². The third-order valence-corrected chi connectivity index (χ3v) is 3.11. The summed E-state index contributed by atoms with van der Waals surface area (Å²) >= 11 is 0. The van der Waals surface area contributed by atoms with Gasteiger partial charge in [0.2, 0.25) is 0 Å². The highest BCUT2D eigenvalue weighted by Gasteiger charge is 2.17. The maximum absolute atomic E-state index is 10.7. The minimum atomic E-state index is 0.730. The summed E-state index contributed by atoms with van der Waals surface area (Å²) in [4.78, 5) is 10.7. The smallest absolute Gasteiger partial charge is 0.153 e. The van der Waals surface area contributed by atoms with Crippen LogP contribution in [0.4, 0.5) is 0 Å². The number of hydrogen-bond acceptors (Lipinski definition) is 2. The van der Waals surface area contributed by atoms with Gasteiger partial charge in [0.05, 0.1) is 11.8 Å². The van der Waals surface area contributed by atoms with E-state index in [2.05, 4.69) is 0 Å². The number of hydrogen-bond donors (Lipinski definition) is 0. The van der Waals surface area contributed by atoms with Gasteiger partial charge >= 0.3 is 0 Å². The Labute approximate surface area is 84.3 Å². The molecule has 0 aliphatic heterocycles. The maximum atomic E-state index is 10.7. The van der Waals surface area contributed by atoms with Crippen LogP contribution in [0.15, 0.2) is 16.7 Å². The Hall–Kier alpha value is -1.05. The van der Waals surface area contributed by atoms with Crippen molar-refractivity contribution < 1.29 is 9.21 Å². The lowest BCUT2D eigenvalue weighted by atomic mass is 9.86. The predicted molar refractivity (Wildman–Crippen MR) is 54.4 cm³/mol. The summed E-state index contributed by atoms with van der Waals surface area (Å²) in [6, 6.07) is 1.76. The second kappa shape index (κ2) is 4.45. The molecule has 0 radical (unpaired) electrons. The zero-order chi connectivity index (χ0) is 9.80. The molecule has 1 heterocycles. The second-order valence-electron chi connectivity index (χ2n) is 4.13. The van der Waals surface area contributed by atoms with Crippen molar-refractivity contribution in [2.75, 3.05) is 0 Å². The van der Waals surface area contributed by atoms with E-state index in [1.165, 1.54) is 32.1 Å². The van der Waals surface area contributed by atoms with Gasteiger partial charge < -0.3 is 4.42 Å². The summed E-state index contributed by atoms with van der Waals surface area (Å²) in [5.74, 6) is 1.61. The van der Waals surface area contributed by atoms with Crippen molar-refractivity contribution in [1.29, 1.82) is 0 Å². The van der Waals surface area contributed by atoms with Crippen LogP contribution in [-0.4, -0.2) is 6.29 Å². The first-order valence-corrected chi connectivity index (χ1v) is 5.41. The van der Waals surface area contributed by atoms with Gasteiger partial charge in [0, 0.05) is 6.42 Å². The molecule has 1 aromatic rings. The van der Waals surface area contributed by atoms with E-state index in [-0.39, 0.29) is 0 Å².